The number of hydrogen-bond donors (Lipinski definition) is 1. The van der Waals surface area contributed by atoms with E-state index in [1.165, 1.54) is 24.3 Å². The van der Waals surface area contributed by atoms with Crippen molar-refractivity contribution in [3.8, 4) is 29.4 Å². The topological polar surface area (TPSA) is 64.1 Å². The molecule has 0 aliphatic heterocycles. The average molecular weight is 522 g/mol. The molecular weight excluding hydrogens is 499 g/mol. The fourth-order valence-electron chi connectivity index (χ4n) is 3.63. The number of hydrogen-bond acceptors (Lipinski definition) is 5. The number of carbonyl (C=O) groups excluding carboxylic acids is 1. The molecule has 9 heteroatoms. The van der Waals surface area contributed by atoms with Gasteiger partial charge in [-0.25, -0.2) is 9.97 Å². The first kappa shape index (κ1) is 26.0. The lowest BCUT2D eigenvalue weighted by atomic mass is 9.99. The summed E-state index contributed by atoms with van der Waals surface area (Å²) in [5, 5.41) is 3.26. The third-order valence-corrected chi connectivity index (χ3v) is 6.09. The molecule has 1 amide bonds. The van der Waals surface area contributed by atoms with E-state index in [9.17, 15) is 18.0 Å². The van der Waals surface area contributed by atoms with E-state index in [-0.39, 0.29) is 34.8 Å². The van der Waals surface area contributed by atoms with Crippen LogP contribution >= 0.6 is 11.8 Å². The highest BCUT2D eigenvalue weighted by atomic mass is 32.2. The van der Waals surface area contributed by atoms with Crippen LogP contribution < -0.4 is 10.1 Å². The minimum absolute atomic E-state index is 0.0461. The summed E-state index contributed by atoms with van der Waals surface area (Å²) in [4.78, 5) is 22.0. The molecule has 0 radical (unpaired) electrons. The number of fused-ring (bicyclic) bond motifs is 1. The highest BCUT2D eigenvalue weighted by Gasteiger charge is 2.29. The van der Waals surface area contributed by atoms with E-state index in [0.29, 0.717) is 28.3 Å². The van der Waals surface area contributed by atoms with Gasteiger partial charge < -0.3 is 10.1 Å². The highest BCUT2D eigenvalue weighted by Crippen LogP contribution is 2.37. The molecule has 5 nitrogen and oxygen atoms in total. The standard InChI is InChI=1S/C28H22F3N3O2S/c1-4-14-36-21-12-13-24-23(16-21)25(19-10-8-18(9-11-19)17(2)3)34-26(33-24)27(35)32-20-6-5-7-22(15-20)37-28(29,30)31/h1,5-13,15-17H,14H2,2-3H3,(H,32,35). The Morgan fingerprint density at radius 3 is 2.51 bits per heavy atom. The van der Waals surface area contributed by atoms with E-state index < -0.39 is 11.4 Å². The van der Waals surface area contributed by atoms with Gasteiger partial charge in [0.05, 0.1) is 11.2 Å². The number of halogens is 3. The van der Waals surface area contributed by atoms with Crippen LogP contribution in [0.25, 0.3) is 22.2 Å². The number of alkyl halides is 3. The quantitative estimate of drug-likeness (QED) is 0.204. The Labute approximate surface area is 216 Å². The fourth-order valence-corrected chi connectivity index (χ4v) is 4.23. The molecule has 0 aliphatic carbocycles. The van der Waals surface area contributed by atoms with Gasteiger partial charge in [-0.05, 0) is 59.6 Å². The monoisotopic (exact) mass is 521 g/mol. The van der Waals surface area contributed by atoms with Crippen LogP contribution in [0.5, 0.6) is 5.75 Å². The number of amides is 1. The zero-order valence-corrected chi connectivity index (χ0v) is 20.8. The molecule has 0 fully saturated rings. The molecule has 4 rings (SSSR count). The third kappa shape index (κ3) is 6.60. The first-order valence-corrected chi connectivity index (χ1v) is 12.1. The van der Waals surface area contributed by atoms with Crippen molar-refractivity contribution in [1.29, 1.82) is 0 Å². The average Bonchev–Trinajstić information content (AvgIpc) is 2.86. The summed E-state index contributed by atoms with van der Waals surface area (Å²) in [6.45, 7) is 4.28. The van der Waals surface area contributed by atoms with Crippen molar-refractivity contribution in [1.82, 2.24) is 9.97 Å². The molecule has 0 aliphatic rings. The Morgan fingerprint density at radius 1 is 1.08 bits per heavy atom. The van der Waals surface area contributed by atoms with Crippen LogP contribution in [0.2, 0.25) is 0 Å². The number of terminal acetylenes is 1. The van der Waals surface area contributed by atoms with Crippen LogP contribution in [0.1, 0.15) is 35.9 Å². The van der Waals surface area contributed by atoms with Crippen LogP contribution in [0.4, 0.5) is 18.9 Å². The van der Waals surface area contributed by atoms with Gasteiger partial charge in [0.15, 0.2) is 0 Å². The maximum Gasteiger partial charge on any atom is 0.446 e. The molecule has 0 bridgehead atoms. The summed E-state index contributed by atoms with van der Waals surface area (Å²) in [6.07, 6.45) is 5.30. The molecule has 1 aromatic heterocycles. The number of aromatic nitrogens is 2. The van der Waals surface area contributed by atoms with Gasteiger partial charge in [0.25, 0.3) is 5.91 Å². The van der Waals surface area contributed by atoms with Gasteiger partial charge in [0.2, 0.25) is 5.82 Å². The lowest BCUT2D eigenvalue weighted by Crippen LogP contribution is -2.16. The van der Waals surface area contributed by atoms with E-state index in [4.69, 9.17) is 11.2 Å². The Morgan fingerprint density at radius 2 is 1.84 bits per heavy atom. The zero-order valence-electron chi connectivity index (χ0n) is 20.0. The van der Waals surface area contributed by atoms with E-state index in [2.05, 4.69) is 35.1 Å². The maximum atomic E-state index is 13.1. The minimum atomic E-state index is -4.44. The molecule has 0 saturated heterocycles. The summed E-state index contributed by atoms with van der Waals surface area (Å²) in [6, 6.07) is 18.5. The summed E-state index contributed by atoms with van der Waals surface area (Å²) >= 11 is -0.257. The Balaban J connectivity index is 1.73. The zero-order chi connectivity index (χ0) is 26.6. The SMILES string of the molecule is C#CCOc1ccc2nc(C(=O)Nc3cccc(SC(F)(F)F)c3)nc(-c3ccc(C(C)C)cc3)c2c1. The molecule has 0 atom stereocenters. The van der Waals surface area contributed by atoms with E-state index in [1.807, 2.05) is 24.3 Å². The smallest absolute Gasteiger partial charge is 0.446 e. The lowest BCUT2D eigenvalue weighted by Gasteiger charge is -2.12. The van der Waals surface area contributed by atoms with Crippen molar-refractivity contribution in [2.75, 3.05) is 11.9 Å². The van der Waals surface area contributed by atoms with Crippen molar-refractivity contribution in [2.45, 2.75) is 30.2 Å². The van der Waals surface area contributed by atoms with Crippen LogP contribution in [0.3, 0.4) is 0 Å². The summed E-state index contributed by atoms with van der Waals surface area (Å²) < 4.78 is 43.8. The van der Waals surface area contributed by atoms with Crippen LogP contribution in [-0.2, 0) is 0 Å². The van der Waals surface area contributed by atoms with E-state index in [0.717, 1.165) is 11.1 Å². The number of ether oxygens (including phenoxy) is 1. The summed E-state index contributed by atoms with van der Waals surface area (Å²) in [5.41, 5.74) is -1.31. The molecule has 37 heavy (non-hydrogen) atoms. The molecule has 0 saturated carbocycles. The predicted molar refractivity (Wildman–Crippen MR) is 140 cm³/mol. The van der Waals surface area contributed by atoms with Gasteiger partial charge in [-0.15, -0.1) is 6.42 Å². The fraction of sp³-hybridized carbons (Fsp3) is 0.179. The number of rotatable bonds is 7. The molecule has 0 spiro atoms. The second-order valence-electron chi connectivity index (χ2n) is 8.37. The molecule has 0 unspecified atom stereocenters. The number of carbonyl (C=O) groups is 1. The number of thioether (sulfide) groups is 1. The molecule has 4 aromatic rings. The van der Waals surface area contributed by atoms with E-state index >= 15 is 0 Å². The summed E-state index contributed by atoms with van der Waals surface area (Å²) in [5.74, 6) is 2.52. The molecule has 1 N–H and O–H groups in total. The number of anilines is 1. The van der Waals surface area contributed by atoms with Crippen molar-refractivity contribution < 1.29 is 22.7 Å². The molecule has 1 heterocycles. The lowest BCUT2D eigenvalue weighted by molar-refractivity contribution is -0.0328. The first-order chi connectivity index (χ1) is 17.6. The summed E-state index contributed by atoms with van der Waals surface area (Å²) in [7, 11) is 0. The van der Waals surface area contributed by atoms with Gasteiger partial charge >= 0.3 is 5.51 Å². The van der Waals surface area contributed by atoms with Gasteiger partial charge in [0.1, 0.15) is 12.4 Å². The number of nitrogens with one attached hydrogen (secondary N) is 1. The predicted octanol–water partition coefficient (Wildman–Crippen LogP) is 7.30. The molecular formula is C28H22F3N3O2S. The Bertz CT molecular complexity index is 1480. The first-order valence-electron chi connectivity index (χ1n) is 11.3. The largest absolute Gasteiger partial charge is 0.481 e. The number of benzene rings is 3. The van der Waals surface area contributed by atoms with Crippen LogP contribution in [-0.4, -0.2) is 28.0 Å². The normalized spacial score (nSPS) is 11.4. The van der Waals surface area contributed by atoms with Crippen LogP contribution in [0, 0.1) is 12.3 Å². The molecule has 3 aromatic carbocycles. The maximum absolute atomic E-state index is 13.1. The van der Waals surface area contributed by atoms with Gasteiger partial charge in [-0.2, -0.15) is 13.2 Å². The Kier molecular flexibility index (Phi) is 7.69. The second-order valence-corrected chi connectivity index (χ2v) is 9.51. The van der Waals surface area contributed by atoms with Gasteiger partial charge in [0, 0.05) is 21.5 Å². The number of nitrogens with zero attached hydrogens (tertiary/aromatic N) is 2. The van der Waals surface area contributed by atoms with E-state index in [1.54, 1.807) is 18.2 Å². The van der Waals surface area contributed by atoms with Crippen molar-refractivity contribution in [3.05, 3.63) is 78.1 Å². The minimum Gasteiger partial charge on any atom is -0.481 e. The highest BCUT2D eigenvalue weighted by molar-refractivity contribution is 8.00. The van der Waals surface area contributed by atoms with Gasteiger partial charge in [-0.1, -0.05) is 50.1 Å². The van der Waals surface area contributed by atoms with Crippen molar-refractivity contribution >= 4 is 34.3 Å². The van der Waals surface area contributed by atoms with Crippen molar-refractivity contribution in [2.24, 2.45) is 0 Å². The Hall–Kier alpha value is -4.03. The van der Waals surface area contributed by atoms with Crippen molar-refractivity contribution in [3.63, 3.8) is 0 Å². The van der Waals surface area contributed by atoms with Gasteiger partial charge in [-0.3, -0.25) is 4.79 Å². The van der Waals surface area contributed by atoms with Crippen LogP contribution in [0.15, 0.2) is 71.6 Å². The second kappa shape index (κ2) is 10.9. The molecule has 188 valence electrons. The third-order valence-electron chi connectivity index (χ3n) is 5.37.